The molecule has 0 radical (unpaired) electrons. The number of amides is 2. The lowest BCUT2D eigenvalue weighted by atomic mass is 10.2. The van der Waals surface area contributed by atoms with Crippen molar-refractivity contribution < 1.29 is 9.59 Å². The van der Waals surface area contributed by atoms with Crippen molar-refractivity contribution in [2.24, 2.45) is 0 Å². The van der Waals surface area contributed by atoms with Gasteiger partial charge in [0.15, 0.2) is 0 Å². The van der Waals surface area contributed by atoms with Crippen molar-refractivity contribution in [3.8, 4) is 10.6 Å². The molecule has 2 N–H and O–H groups in total. The fraction of sp³-hybridized carbons (Fsp3) is 0.150. The average molecular weight is 400 g/mol. The van der Waals surface area contributed by atoms with E-state index < -0.39 is 0 Å². The first-order chi connectivity index (χ1) is 13.0. The number of hydrogen-bond acceptors (Lipinski definition) is 4. The third-order valence-corrected chi connectivity index (χ3v) is 4.91. The molecule has 0 bridgehead atoms. The maximum Gasteiger partial charge on any atom is 0.251 e. The van der Waals surface area contributed by atoms with Crippen molar-refractivity contribution in [3.63, 3.8) is 0 Å². The molecule has 2 aromatic carbocycles. The molecule has 0 unspecified atom stereocenters. The summed E-state index contributed by atoms with van der Waals surface area (Å²) in [6.07, 6.45) is 0.633. The van der Waals surface area contributed by atoms with Gasteiger partial charge in [0.2, 0.25) is 5.91 Å². The van der Waals surface area contributed by atoms with Crippen molar-refractivity contribution in [3.05, 3.63) is 70.2 Å². The zero-order valence-electron chi connectivity index (χ0n) is 14.7. The summed E-state index contributed by atoms with van der Waals surface area (Å²) in [6, 6.07) is 14.4. The fourth-order valence-electron chi connectivity index (χ4n) is 2.52. The van der Waals surface area contributed by atoms with E-state index in [0.29, 0.717) is 23.6 Å². The van der Waals surface area contributed by atoms with Crippen LogP contribution in [0.5, 0.6) is 0 Å². The van der Waals surface area contributed by atoms with E-state index in [4.69, 9.17) is 11.6 Å². The summed E-state index contributed by atoms with van der Waals surface area (Å²) in [5.41, 5.74) is 3.13. The molecule has 0 fully saturated rings. The topological polar surface area (TPSA) is 71.1 Å². The molecule has 0 aliphatic carbocycles. The molecule has 0 atom stereocenters. The predicted octanol–water partition coefficient (Wildman–Crippen LogP) is 4.39. The molecule has 7 heteroatoms. The number of nitrogens with zero attached hydrogens (tertiary/aromatic N) is 1. The molecule has 1 aromatic heterocycles. The van der Waals surface area contributed by atoms with Crippen LogP contribution in [-0.4, -0.2) is 23.3 Å². The summed E-state index contributed by atoms with van der Waals surface area (Å²) < 4.78 is 0. The Labute approximate surface area is 166 Å². The van der Waals surface area contributed by atoms with Crippen molar-refractivity contribution in [2.75, 3.05) is 11.9 Å². The molecule has 1 heterocycles. The van der Waals surface area contributed by atoms with Gasteiger partial charge in [0.1, 0.15) is 5.01 Å². The number of benzene rings is 2. The maximum atomic E-state index is 12.1. The summed E-state index contributed by atoms with van der Waals surface area (Å²) in [7, 11) is 0. The molecule has 0 aliphatic heterocycles. The standard InChI is InChI=1S/C20H18ClN3O2S/c1-13(25)23-17-7-3-5-15(11-17)20-24-18(12-27-20)8-9-22-19(26)14-4-2-6-16(21)10-14/h2-7,10-12H,8-9H2,1H3,(H,22,26)(H,23,25). The second-order valence-electron chi connectivity index (χ2n) is 5.92. The summed E-state index contributed by atoms with van der Waals surface area (Å²) in [5.74, 6) is -0.265. The Kier molecular flexibility index (Phi) is 6.21. The molecule has 0 aliphatic rings. The Morgan fingerprint density at radius 2 is 1.96 bits per heavy atom. The van der Waals surface area contributed by atoms with Crippen LogP contribution in [-0.2, 0) is 11.2 Å². The van der Waals surface area contributed by atoms with Crippen LogP contribution in [0.4, 0.5) is 5.69 Å². The monoisotopic (exact) mass is 399 g/mol. The predicted molar refractivity (Wildman–Crippen MR) is 109 cm³/mol. The number of hydrogen-bond donors (Lipinski definition) is 2. The minimum absolute atomic E-state index is 0.109. The van der Waals surface area contributed by atoms with Gasteiger partial charge >= 0.3 is 0 Å². The van der Waals surface area contributed by atoms with E-state index in [1.54, 1.807) is 24.3 Å². The van der Waals surface area contributed by atoms with Crippen LogP contribution in [0.2, 0.25) is 5.02 Å². The first-order valence-corrected chi connectivity index (χ1v) is 9.63. The number of halogens is 1. The van der Waals surface area contributed by atoms with Crippen LogP contribution >= 0.6 is 22.9 Å². The number of nitrogens with one attached hydrogen (secondary N) is 2. The molecule has 0 saturated carbocycles. The number of thiazole rings is 1. The highest BCUT2D eigenvalue weighted by molar-refractivity contribution is 7.13. The van der Waals surface area contributed by atoms with Crippen LogP contribution < -0.4 is 10.6 Å². The van der Waals surface area contributed by atoms with Gasteiger partial charge in [0.05, 0.1) is 5.69 Å². The van der Waals surface area contributed by atoms with Gasteiger partial charge in [-0.1, -0.05) is 29.8 Å². The van der Waals surface area contributed by atoms with Gasteiger partial charge in [-0.15, -0.1) is 11.3 Å². The van der Waals surface area contributed by atoms with Gasteiger partial charge in [-0.25, -0.2) is 4.98 Å². The van der Waals surface area contributed by atoms with Gasteiger partial charge in [0, 0.05) is 47.1 Å². The van der Waals surface area contributed by atoms with Gasteiger partial charge in [-0.2, -0.15) is 0 Å². The number of aromatic nitrogens is 1. The highest BCUT2D eigenvalue weighted by atomic mass is 35.5. The largest absolute Gasteiger partial charge is 0.352 e. The van der Waals surface area contributed by atoms with Gasteiger partial charge < -0.3 is 10.6 Å². The smallest absolute Gasteiger partial charge is 0.251 e. The zero-order chi connectivity index (χ0) is 19.2. The summed E-state index contributed by atoms with van der Waals surface area (Å²) in [5, 5.41) is 9.03. The Morgan fingerprint density at radius 1 is 1.15 bits per heavy atom. The molecule has 3 rings (SSSR count). The van der Waals surface area contributed by atoms with Crippen molar-refractivity contribution in [1.29, 1.82) is 0 Å². The van der Waals surface area contributed by atoms with Crippen molar-refractivity contribution in [2.45, 2.75) is 13.3 Å². The van der Waals surface area contributed by atoms with Gasteiger partial charge in [-0.05, 0) is 30.3 Å². The van der Waals surface area contributed by atoms with Crippen molar-refractivity contribution >= 4 is 40.4 Å². The number of anilines is 1. The van der Waals surface area contributed by atoms with Crippen molar-refractivity contribution in [1.82, 2.24) is 10.3 Å². The second kappa shape index (κ2) is 8.79. The summed E-state index contributed by atoms with van der Waals surface area (Å²) in [6.45, 7) is 1.96. The molecule has 3 aromatic rings. The Hall–Kier alpha value is -2.70. The van der Waals surface area contributed by atoms with Gasteiger partial charge in [0.25, 0.3) is 5.91 Å². The third kappa shape index (κ3) is 5.39. The highest BCUT2D eigenvalue weighted by Gasteiger charge is 2.08. The van der Waals surface area contributed by atoms with E-state index in [9.17, 15) is 9.59 Å². The Bertz CT molecular complexity index is 971. The fourth-order valence-corrected chi connectivity index (χ4v) is 3.57. The van der Waals surface area contributed by atoms with Crippen LogP contribution in [0, 0.1) is 0 Å². The van der Waals surface area contributed by atoms with Crippen LogP contribution in [0.1, 0.15) is 23.0 Å². The van der Waals surface area contributed by atoms with Crippen LogP contribution in [0.3, 0.4) is 0 Å². The van der Waals surface area contributed by atoms with Crippen LogP contribution in [0.25, 0.3) is 10.6 Å². The van der Waals surface area contributed by atoms with Gasteiger partial charge in [-0.3, -0.25) is 9.59 Å². The molecule has 0 saturated heterocycles. The lowest BCUT2D eigenvalue weighted by Gasteiger charge is -2.05. The van der Waals surface area contributed by atoms with E-state index in [0.717, 1.165) is 22.0 Å². The molecule has 5 nitrogen and oxygen atoms in total. The molecule has 0 spiro atoms. The lowest BCUT2D eigenvalue weighted by Crippen LogP contribution is -2.25. The van der Waals surface area contributed by atoms with E-state index in [-0.39, 0.29) is 11.8 Å². The Balaban J connectivity index is 1.58. The number of rotatable bonds is 6. The maximum absolute atomic E-state index is 12.1. The molecular formula is C20H18ClN3O2S. The first-order valence-electron chi connectivity index (χ1n) is 8.37. The van der Waals surface area contributed by atoms with Crippen LogP contribution in [0.15, 0.2) is 53.9 Å². The summed E-state index contributed by atoms with van der Waals surface area (Å²) in [4.78, 5) is 27.9. The minimum Gasteiger partial charge on any atom is -0.352 e. The SMILES string of the molecule is CC(=O)Nc1cccc(-c2nc(CCNC(=O)c3cccc(Cl)c3)cs2)c1. The van der Waals surface area contributed by atoms with E-state index >= 15 is 0 Å². The lowest BCUT2D eigenvalue weighted by molar-refractivity contribution is -0.114. The first kappa shape index (κ1) is 19.1. The normalized spacial score (nSPS) is 10.4. The van der Waals surface area contributed by atoms with E-state index in [1.165, 1.54) is 18.3 Å². The Morgan fingerprint density at radius 3 is 2.74 bits per heavy atom. The average Bonchev–Trinajstić information content (AvgIpc) is 3.10. The second-order valence-corrected chi connectivity index (χ2v) is 7.22. The minimum atomic E-state index is -0.157. The third-order valence-electron chi connectivity index (χ3n) is 3.74. The zero-order valence-corrected chi connectivity index (χ0v) is 16.2. The molecule has 138 valence electrons. The number of carbonyl (C=O) groups excluding carboxylic acids is 2. The number of carbonyl (C=O) groups is 2. The molecule has 2 amide bonds. The molecule has 27 heavy (non-hydrogen) atoms. The quantitative estimate of drug-likeness (QED) is 0.645. The van der Waals surface area contributed by atoms with E-state index in [1.807, 2.05) is 29.6 Å². The molecular weight excluding hydrogens is 382 g/mol. The summed E-state index contributed by atoms with van der Waals surface area (Å²) >= 11 is 7.44. The highest BCUT2D eigenvalue weighted by Crippen LogP contribution is 2.26. The van der Waals surface area contributed by atoms with E-state index in [2.05, 4.69) is 15.6 Å².